The van der Waals surface area contributed by atoms with E-state index in [0.717, 1.165) is 48.9 Å². The van der Waals surface area contributed by atoms with Gasteiger partial charge in [-0.2, -0.15) is 0 Å². The van der Waals surface area contributed by atoms with Gasteiger partial charge in [0.05, 0.1) is 38.1 Å². The lowest BCUT2D eigenvalue weighted by atomic mass is 10.2. The summed E-state index contributed by atoms with van der Waals surface area (Å²) < 4.78 is 15.4. The SMILES string of the molecule is O=CN(CCCC1CO1)C(=O)N(CCCC1CO1)C(=O)NCCC1CO1. The second-order valence-corrected chi connectivity index (χ2v) is 6.90. The Labute approximate surface area is 152 Å². The van der Waals surface area contributed by atoms with Crippen molar-refractivity contribution in [3.63, 3.8) is 0 Å². The molecule has 3 unspecified atom stereocenters. The fraction of sp³-hybridized carbons (Fsp3) is 0.824. The van der Waals surface area contributed by atoms with Crippen LogP contribution < -0.4 is 5.32 Å². The van der Waals surface area contributed by atoms with Crippen LogP contribution in [0.3, 0.4) is 0 Å². The Morgan fingerprint density at radius 3 is 2.00 bits per heavy atom. The van der Waals surface area contributed by atoms with Crippen molar-refractivity contribution >= 4 is 18.5 Å². The van der Waals surface area contributed by atoms with E-state index in [0.29, 0.717) is 25.8 Å². The maximum Gasteiger partial charge on any atom is 0.334 e. The molecule has 3 aliphatic heterocycles. The zero-order valence-corrected chi connectivity index (χ0v) is 14.9. The third-order valence-electron chi connectivity index (χ3n) is 4.63. The van der Waals surface area contributed by atoms with E-state index < -0.39 is 12.1 Å². The van der Waals surface area contributed by atoms with E-state index in [1.54, 1.807) is 0 Å². The summed E-state index contributed by atoms with van der Waals surface area (Å²) in [7, 11) is 0. The quantitative estimate of drug-likeness (QED) is 0.401. The smallest absolute Gasteiger partial charge is 0.334 e. The Morgan fingerprint density at radius 2 is 1.46 bits per heavy atom. The Hall–Kier alpha value is -1.71. The Bertz CT molecular complexity index is 505. The lowest BCUT2D eigenvalue weighted by Crippen LogP contribution is -2.50. The summed E-state index contributed by atoms with van der Waals surface area (Å²) in [5.41, 5.74) is 0. The predicted molar refractivity (Wildman–Crippen MR) is 90.6 cm³/mol. The van der Waals surface area contributed by atoms with Crippen LogP contribution in [0.15, 0.2) is 0 Å². The summed E-state index contributed by atoms with van der Waals surface area (Å²) in [6.45, 7) is 3.21. The van der Waals surface area contributed by atoms with Crippen LogP contribution in [0.25, 0.3) is 0 Å². The number of ether oxygens (including phenoxy) is 3. The highest BCUT2D eigenvalue weighted by Crippen LogP contribution is 2.17. The standard InChI is InChI=1S/C17H27N3O6/c21-12-19(7-1-3-13-9-24-13)17(23)20(8-2-4-14-10-25-14)16(22)18-6-5-15-11-26-15/h12-15H,1-11H2,(H,18,22). The van der Waals surface area contributed by atoms with Crippen LogP contribution in [0.1, 0.15) is 32.1 Å². The van der Waals surface area contributed by atoms with Crippen molar-refractivity contribution < 1.29 is 28.6 Å². The van der Waals surface area contributed by atoms with E-state index in [-0.39, 0.29) is 31.4 Å². The van der Waals surface area contributed by atoms with Gasteiger partial charge in [0.2, 0.25) is 6.41 Å². The van der Waals surface area contributed by atoms with E-state index in [1.165, 1.54) is 0 Å². The lowest BCUT2D eigenvalue weighted by Gasteiger charge is -2.26. The molecule has 3 heterocycles. The van der Waals surface area contributed by atoms with Gasteiger partial charge in [0.25, 0.3) is 0 Å². The van der Waals surface area contributed by atoms with Crippen molar-refractivity contribution in [1.82, 2.24) is 15.1 Å². The average Bonchev–Trinajstić information content (AvgIpc) is 3.46. The van der Waals surface area contributed by atoms with Crippen LogP contribution >= 0.6 is 0 Å². The molecular formula is C17H27N3O6. The molecular weight excluding hydrogens is 342 g/mol. The summed E-state index contributed by atoms with van der Waals surface area (Å²) in [6, 6.07) is -1.04. The third-order valence-corrected chi connectivity index (χ3v) is 4.63. The molecule has 1 N–H and O–H groups in total. The van der Waals surface area contributed by atoms with Gasteiger partial charge >= 0.3 is 12.1 Å². The van der Waals surface area contributed by atoms with Crippen molar-refractivity contribution in [2.24, 2.45) is 0 Å². The van der Waals surface area contributed by atoms with E-state index in [1.807, 2.05) is 0 Å². The molecule has 0 spiro atoms. The molecule has 3 aliphatic rings. The third kappa shape index (κ3) is 6.54. The van der Waals surface area contributed by atoms with Crippen LogP contribution in [-0.2, 0) is 19.0 Å². The maximum absolute atomic E-state index is 12.7. The molecule has 3 saturated heterocycles. The zero-order valence-electron chi connectivity index (χ0n) is 14.9. The number of hydrogen-bond acceptors (Lipinski definition) is 6. The molecule has 3 rings (SSSR count). The molecule has 146 valence electrons. The number of nitrogens with one attached hydrogen (secondary N) is 1. The number of hydrogen-bond donors (Lipinski definition) is 1. The molecule has 5 amide bonds. The number of epoxide rings is 3. The molecule has 3 fully saturated rings. The molecule has 0 radical (unpaired) electrons. The van der Waals surface area contributed by atoms with Crippen molar-refractivity contribution in [3.05, 3.63) is 0 Å². The van der Waals surface area contributed by atoms with Gasteiger partial charge in [0.15, 0.2) is 0 Å². The Balaban J connectivity index is 1.47. The number of rotatable bonds is 12. The van der Waals surface area contributed by atoms with Gasteiger partial charge in [-0.25, -0.2) is 14.5 Å². The zero-order chi connectivity index (χ0) is 18.4. The predicted octanol–water partition coefficient (Wildman–Crippen LogP) is 0.723. The molecule has 0 aromatic rings. The lowest BCUT2D eigenvalue weighted by molar-refractivity contribution is -0.116. The summed E-state index contributed by atoms with van der Waals surface area (Å²) >= 11 is 0. The van der Waals surface area contributed by atoms with Crippen LogP contribution in [0.4, 0.5) is 9.59 Å². The number of nitrogens with zero attached hydrogens (tertiary/aromatic N) is 2. The van der Waals surface area contributed by atoms with Gasteiger partial charge in [0.1, 0.15) is 0 Å². The minimum absolute atomic E-state index is 0.211. The highest BCUT2D eigenvalue weighted by Gasteiger charge is 2.29. The molecule has 9 heteroatoms. The fourth-order valence-corrected chi connectivity index (χ4v) is 2.74. The summed E-state index contributed by atoms with van der Waals surface area (Å²) in [6.07, 6.45) is 4.85. The van der Waals surface area contributed by atoms with Gasteiger partial charge in [-0.15, -0.1) is 0 Å². The van der Waals surface area contributed by atoms with E-state index in [9.17, 15) is 14.4 Å². The number of carbonyl (C=O) groups is 3. The van der Waals surface area contributed by atoms with Crippen LogP contribution in [-0.4, -0.2) is 86.0 Å². The minimum atomic E-state index is -0.575. The number of imide groups is 2. The monoisotopic (exact) mass is 369 g/mol. The van der Waals surface area contributed by atoms with Crippen LogP contribution in [0, 0.1) is 0 Å². The van der Waals surface area contributed by atoms with Crippen molar-refractivity contribution in [3.8, 4) is 0 Å². The number of amides is 5. The molecule has 0 aliphatic carbocycles. The van der Waals surface area contributed by atoms with Gasteiger partial charge < -0.3 is 19.5 Å². The first-order chi connectivity index (χ1) is 12.7. The minimum Gasteiger partial charge on any atom is -0.373 e. The van der Waals surface area contributed by atoms with Gasteiger partial charge in [-0.05, 0) is 32.1 Å². The van der Waals surface area contributed by atoms with Crippen molar-refractivity contribution in [2.75, 3.05) is 39.5 Å². The van der Waals surface area contributed by atoms with Gasteiger partial charge in [-0.1, -0.05) is 0 Å². The maximum atomic E-state index is 12.7. The largest absolute Gasteiger partial charge is 0.373 e. The average molecular weight is 369 g/mol. The normalized spacial score (nSPS) is 25.3. The van der Waals surface area contributed by atoms with E-state index in [2.05, 4.69) is 5.32 Å². The van der Waals surface area contributed by atoms with E-state index in [4.69, 9.17) is 14.2 Å². The summed E-state index contributed by atoms with van der Waals surface area (Å²) in [5.74, 6) is 0. The molecule has 0 bridgehead atoms. The molecule has 26 heavy (non-hydrogen) atoms. The molecule has 0 aromatic carbocycles. The van der Waals surface area contributed by atoms with Gasteiger partial charge in [0, 0.05) is 19.6 Å². The highest BCUT2D eigenvalue weighted by molar-refractivity contribution is 5.97. The fourth-order valence-electron chi connectivity index (χ4n) is 2.74. The first kappa shape index (κ1) is 19.1. The second-order valence-electron chi connectivity index (χ2n) is 6.90. The molecule has 3 atom stereocenters. The van der Waals surface area contributed by atoms with Gasteiger partial charge in [-0.3, -0.25) is 9.69 Å². The summed E-state index contributed by atoms with van der Waals surface area (Å²) in [4.78, 5) is 38.7. The molecule has 9 nitrogen and oxygen atoms in total. The second kappa shape index (κ2) is 9.29. The van der Waals surface area contributed by atoms with Crippen molar-refractivity contribution in [1.29, 1.82) is 0 Å². The topological polar surface area (TPSA) is 107 Å². The Kier molecular flexibility index (Phi) is 6.81. The van der Waals surface area contributed by atoms with Crippen LogP contribution in [0.5, 0.6) is 0 Å². The van der Waals surface area contributed by atoms with Crippen molar-refractivity contribution in [2.45, 2.75) is 50.4 Å². The molecule has 0 saturated carbocycles. The number of urea groups is 2. The highest BCUT2D eigenvalue weighted by atomic mass is 16.6. The first-order valence-corrected chi connectivity index (χ1v) is 9.33. The summed E-state index contributed by atoms with van der Waals surface area (Å²) in [5, 5.41) is 2.74. The van der Waals surface area contributed by atoms with Crippen LogP contribution in [0.2, 0.25) is 0 Å². The first-order valence-electron chi connectivity index (χ1n) is 9.33. The Morgan fingerprint density at radius 1 is 0.923 bits per heavy atom. The molecule has 0 aromatic heterocycles. The number of carbonyl (C=O) groups excluding carboxylic acids is 3. The van der Waals surface area contributed by atoms with E-state index >= 15 is 0 Å².